The van der Waals surface area contributed by atoms with Gasteiger partial charge < -0.3 is 4.57 Å². The minimum atomic E-state index is -0.499. The Morgan fingerprint density at radius 1 is 1.12 bits per heavy atom. The Balaban J connectivity index is 1.61. The van der Waals surface area contributed by atoms with Crippen LogP contribution in [0.4, 0.5) is 14.9 Å². The van der Waals surface area contributed by atoms with E-state index in [9.17, 15) is 24.1 Å². The first kappa shape index (κ1) is 22.8. The third-order valence-electron chi connectivity index (χ3n) is 5.29. The van der Waals surface area contributed by atoms with Gasteiger partial charge in [-0.1, -0.05) is 17.7 Å². The number of nitro groups is 1. The highest BCUT2D eigenvalue weighted by Crippen LogP contribution is 2.35. The molecule has 7 nitrogen and oxygen atoms in total. The molecule has 1 saturated heterocycles. The van der Waals surface area contributed by atoms with Gasteiger partial charge in [-0.2, -0.15) is 0 Å². The highest BCUT2D eigenvalue weighted by Gasteiger charge is 2.35. The van der Waals surface area contributed by atoms with Crippen LogP contribution in [0.1, 0.15) is 22.5 Å². The lowest BCUT2D eigenvalue weighted by molar-refractivity contribution is -0.384. The van der Waals surface area contributed by atoms with Crippen molar-refractivity contribution in [2.24, 2.45) is 0 Å². The van der Waals surface area contributed by atoms with Gasteiger partial charge in [-0.15, -0.1) is 0 Å². The minimum absolute atomic E-state index is 0.00336. The van der Waals surface area contributed by atoms with E-state index in [0.717, 1.165) is 45.4 Å². The van der Waals surface area contributed by atoms with Crippen molar-refractivity contribution in [3.63, 3.8) is 0 Å². The van der Waals surface area contributed by atoms with Crippen molar-refractivity contribution in [2.45, 2.75) is 20.4 Å². The quantitative estimate of drug-likeness (QED) is 0.250. The Kier molecular flexibility index (Phi) is 6.09. The number of nitrogens with zero attached hydrogens (tertiary/aromatic N) is 3. The van der Waals surface area contributed by atoms with E-state index in [1.807, 2.05) is 24.5 Å². The normalized spacial score (nSPS) is 15.0. The van der Waals surface area contributed by atoms with Crippen molar-refractivity contribution in [1.29, 1.82) is 0 Å². The standard InChI is InChI=1S/C23H17ClFN3O4S/c1-13-9-16(14(2)27(13)18-5-7-19(8-6-18)28(31)32)10-21-22(29)26(23(30)33-21)12-15-3-4-17(25)11-20(15)24/h3-11H,12H2,1-2H3/b21-10-. The van der Waals surface area contributed by atoms with Crippen molar-refractivity contribution in [3.8, 4) is 5.69 Å². The summed E-state index contributed by atoms with van der Waals surface area (Å²) in [4.78, 5) is 37.2. The second kappa shape index (κ2) is 8.84. The zero-order chi connectivity index (χ0) is 23.9. The van der Waals surface area contributed by atoms with Crippen molar-refractivity contribution < 1.29 is 18.9 Å². The predicted octanol–water partition coefficient (Wildman–Crippen LogP) is 6.03. The number of aryl methyl sites for hydroxylation is 1. The average Bonchev–Trinajstić information content (AvgIpc) is 3.19. The van der Waals surface area contributed by atoms with E-state index in [4.69, 9.17) is 11.6 Å². The number of thioether (sulfide) groups is 1. The van der Waals surface area contributed by atoms with Gasteiger partial charge in [-0.25, -0.2) is 4.39 Å². The Morgan fingerprint density at radius 3 is 2.45 bits per heavy atom. The number of nitro benzene ring substituents is 1. The van der Waals surface area contributed by atoms with Gasteiger partial charge in [0.15, 0.2) is 0 Å². The molecule has 0 atom stereocenters. The second-order valence-corrected chi connectivity index (χ2v) is 8.84. The van der Waals surface area contributed by atoms with E-state index in [1.165, 1.54) is 24.3 Å². The van der Waals surface area contributed by atoms with E-state index in [-0.39, 0.29) is 22.2 Å². The number of benzene rings is 2. The maximum Gasteiger partial charge on any atom is 0.293 e. The Labute approximate surface area is 197 Å². The van der Waals surface area contributed by atoms with Crippen LogP contribution in [-0.2, 0) is 11.3 Å². The van der Waals surface area contributed by atoms with Crippen LogP contribution >= 0.6 is 23.4 Å². The molecule has 1 aromatic heterocycles. The van der Waals surface area contributed by atoms with Gasteiger partial charge >= 0.3 is 0 Å². The lowest BCUT2D eigenvalue weighted by atomic mass is 10.2. The predicted molar refractivity (Wildman–Crippen MR) is 125 cm³/mol. The third-order valence-corrected chi connectivity index (χ3v) is 6.55. The van der Waals surface area contributed by atoms with Crippen molar-refractivity contribution in [3.05, 3.63) is 96.9 Å². The first-order chi connectivity index (χ1) is 15.7. The SMILES string of the molecule is Cc1cc(/C=C2\SC(=O)N(Cc3ccc(F)cc3Cl)C2=O)c(C)n1-c1ccc([N+](=O)[O-])cc1. The summed E-state index contributed by atoms with van der Waals surface area (Å²) in [6.45, 7) is 3.69. The minimum Gasteiger partial charge on any atom is -0.318 e. The smallest absolute Gasteiger partial charge is 0.293 e. The molecule has 33 heavy (non-hydrogen) atoms. The summed E-state index contributed by atoms with van der Waals surface area (Å²) >= 11 is 6.87. The van der Waals surface area contributed by atoms with Crippen LogP contribution < -0.4 is 0 Å². The largest absolute Gasteiger partial charge is 0.318 e. The van der Waals surface area contributed by atoms with E-state index in [1.54, 1.807) is 18.2 Å². The van der Waals surface area contributed by atoms with E-state index >= 15 is 0 Å². The topological polar surface area (TPSA) is 85.5 Å². The molecule has 3 aromatic rings. The zero-order valence-corrected chi connectivity index (χ0v) is 19.1. The van der Waals surface area contributed by atoms with Gasteiger partial charge in [0.1, 0.15) is 5.82 Å². The fourth-order valence-corrected chi connectivity index (χ4v) is 4.71. The van der Waals surface area contributed by atoms with E-state index < -0.39 is 21.9 Å². The summed E-state index contributed by atoms with van der Waals surface area (Å²) in [5.74, 6) is -0.952. The monoisotopic (exact) mass is 485 g/mol. The number of hydrogen-bond acceptors (Lipinski definition) is 5. The highest BCUT2D eigenvalue weighted by atomic mass is 35.5. The highest BCUT2D eigenvalue weighted by molar-refractivity contribution is 8.18. The average molecular weight is 486 g/mol. The molecule has 0 unspecified atom stereocenters. The summed E-state index contributed by atoms with van der Waals surface area (Å²) in [5, 5.41) is 10.6. The number of aromatic nitrogens is 1. The number of hydrogen-bond donors (Lipinski definition) is 0. The maximum atomic E-state index is 13.3. The van der Waals surface area contributed by atoms with Crippen LogP contribution in [0.5, 0.6) is 0 Å². The molecule has 168 valence electrons. The number of rotatable bonds is 5. The molecular formula is C23H17ClFN3O4S. The lowest BCUT2D eigenvalue weighted by Crippen LogP contribution is -2.27. The molecule has 2 aromatic carbocycles. The molecule has 2 heterocycles. The molecule has 10 heteroatoms. The first-order valence-corrected chi connectivity index (χ1v) is 11.0. The van der Waals surface area contributed by atoms with Gasteiger partial charge in [0.05, 0.1) is 16.4 Å². The summed E-state index contributed by atoms with van der Waals surface area (Å²) in [6.07, 6.45) is 1.65. The van der Waals surface area contributed by atoms with Crippen LogP contribution in [0.25, 0.3) is 11.8 Å². The molecule has 0 spiro atoms. The Morgan fingerprint density at radius 2 is 1.82 bits per heavy atom. The molecule has 1 aliphatic heterocycles. The van der Waals surface area contributed by atoms with Gasteiger partial charge in [0.2, 0.25) is 0 Å². The van der Waals surface area contributed by atoms with Crippen molar-refractivity contribution in [1.82, 2.24) is 9.47 Å². The second-order valence-electron chi connectivity index (χ2n) is 7.44. The number of non-ortho nitro benzene ring substituents is 1. The van der Waals surface area contributed by atoms with Gasteiger partial charge in [-0.3, -0.25) is 24.6 Å². The van der Waals surface area contributed by atoms with Crippen molar-refractivity contribution in [2.75, 3.05) is 0 Å². The lowest BCUT2D eigenvalue weighted by Gasteiger charge is -2.13. The van der Waals surface area contributed by atoms with Gasteiger partial charge in [0.25, 0.3) is 16.8 Å². The van der Waals surface area contributed by atoms with Crippen LogP contribution in [-0.4, -0.2) is 25.5 Å². The number of halogens is 2. The number of carbonyl (C=O) groups excluding carboxylic acids is 2. The van der Waals surface area contributed by atoms with Crippen LogP contribution in [0, 0.1) is 29.8 Å². The first-order valence-electron chi connectivity index (χ1n) is 9.79. The van der Waals surface area contributed by atoms with E-state index in [2.05, 4.69) is 0 Å². The fraction of sp³-hybridized carbons (Fsp3) is 0.130. The van der Waals surface area contributed by atoms with Crippen LogP contribution in [0.2, 0.25) is 5.02 Å². The fourth-order valence-electron chi connectivity index (χ4n) is 3.65. The number of carbonyl (C=O) groups is 2. The Hall–Kier alpha value is -3.43. The van der Waals surface area contributed by atoms with Gasteiger partial charge in [-0.05, 0) is 73.1 Å². The van der Waals surface area contributed by atoms with Crippen LogP contribution in [0.3, 0.4) is 0 Å². The zero-order valence-electron chi connectivity index (χ0n) is 17.5. The maximum absolute atomic E-state index is 13.3. The molecule has 1 aliphatic rings. The van der Waals surface area contributed by atoms with Crippen molar-refractivity contribution >= 4 is 46.3 Å². The molecule has 0 N–H and O–H groups in total. The molecule has 4 rings (SSSR count). The summed E-state index contributed by atoms with van der Waals surface area (Å²) in [6, 6.07) is 11.9. The van der Waals surface area contributed by atoms with E-state index in [0.29, 0.717) is 5.56 Å². The van der Waals surface area contributed by atoms with Crippen LogP contribution in [0.15, 0.2) is 53.4 Å². The third kappa shape index (κ3) is 4.42. The summed E-state index contributed by atoms with van der Waals surface area (Å²) in [7, 11) is 0. The van der Waals surface area contributed by atoms with Gasteiger partial charge in [0, 0.05) is 34.2 Å². The molecule has 0 aliphatic carbocycles. The number of amides is 2. The Bertz CT molecular complexity index is 1330. The molecule has 1 fully saturated rings. The summed E-state index contributed by atoms with van der Waals surface area (Å²) < 4.78 is 15.2. The molecule has 0 radical (unpaired) electrons. The molecular weight excluding hydrogens is 469 g/mol. The summed E-state index contributed by atoms with van der Waals surface area (Å²) in [5.41, 5.74) is 3.64. The number of imide groups is 1. The molecule has 0 bridgehead atoms. The molecule has 2 amide bonds. The molecule has 0 saturated carbocycles.